The molecule has 0 amide bonds. The maximum atomic E-state index is 12.9. The second kappa shape index (κ2) is 6.91. The number of nitrogens with one attached hydrogen (secondary N) is 1. The average Bonchev–Trinajstić information content (AvgIpc) is 2.56. The van der Waals surface area contributed by atoms with Crippen LogP contribution in [0.2, 0.25) is 0 Å². The monoisotopic (exact) mass is 402 g/mol. The topological polar surface area (TPSA) is 62.8 Å². The molecule has 24 heavy (non-hydrogen) atoms. The number of hydrogen-bond acceptors (Lipinski definition) is 4. The average molecular weight is 403 g/mol. The van der Waals surface area contributed by atoms with E-state index < -0.39 is 0 Å². The molecule has 4 nitrogen and oxygen atoms in total. The summed E-state index contributed by atoms with van der Waals surface area (Å²) in [6.45, 7) is 3.30. The highest BCUT2D eigenvalue weighted by atomic mass is 79.9. The number of carbonyl (C=O) groups excluding carboxylic acids is 1. The number of nitrogens with zero attached hydrogens (tertiary/aromatic N) is 1. The first kappa shape index (κ1) is 16.9. The molecule has 2 heterocycles. The van der Waals surface area contributed by atoms with Gasteiger partial charge in [0.05, 0.1) is 21.5 Å². The van der Waals surface area contributed by atoms with Gasteiger partial charge in [-0.15, -0.1) is 11.8 Å². The van der Waals surface area contributed by atoms with Gasteiger partial charge in [-0.3, -0.25) is 14.6 Å². The zero-order chi connectivity index (χ0) is 17.3. The van der Waals surface area contributed by atoms with Gasteiger partial charge in [-0.05, 0) is 53.0 Å². The van der Waals surface area contributed by atoms with Crippen LogP contribution in [-0.2, 0) is 5.75 Å². The van der Waals surface area contributed by atoms with Crippen LogP contribution in [0, 0.1) is 6.92 Å². The minimum atomic E-state index is -0.230. The Labute approximate surface area is 151 Å². The minimum Gasteiger partial charge on any atom is -0.348 e. The molecule has 0 aliphatic carbocycles. The first-order chi connectivity index (χ1) is 11.5. The van der Waals surface area contributed by atoms with Crippen LogP contribution < -0.4 is 5.43 Å². The van der Waals surface area contributed by atoms with E-state index in [1.165, 1.54) is 18.7 Å². The quantitative estimate of drug-likeness (QED) is 0.515. The lowest BCUT2D eigenvalue weighted by atomic mass is 10.1. The van der Waals surface area contributed by atoms with Gasteiger partial charge >= 0.3 is 0 Å². The first-order valence-corrected chi connectivity index (χ1v) is 9.14. The highest BCUT2D eigenvalue weighted by molar-refractivity contribution is 9.10. The molecule has 0 unspecified atom stereocenters. The number of pyridine rings is 2. The third-order valence-corrected chi connectivity index (χ3v) is 5.47. The number of hydrogen-bond donors (Lipinski definition) is 1. The summed E-state index contributed by atoms with van der Waals surface area (Å²) in [6.07, 6.45) is 3.49. The number of H-pyrrole nitrogens is 1. The van der Waals surface area contributed by atoms with Gasteiger partial charge in [0.15, 0.2) is 5.78 Å². The number of aromatic amines is 1. The number of rotatable bonds is 4. The van der Waals surface area contributed by atoms with Gasteiger partial charge in [0, 0.05) is 22.6 Å². The van der Waals surface area contributed by atoms with Crippen LogP contribution >= 0.6 is 27.7 Å². The summed E-state index contributed by atoms with van der Waals surface area (Å²) < 4.78 is 0.804. The van der Waals surface area contributed by atoms with E-state index in [9.17, 15) is 9.59 Å². The highest BCUT2D eigenvalue weighted by Crippen LogP contribution is 2.29. The largest absolute Gasteiger partial charge is 0.348 e. The van der Waals surface area contributed by atoms with Crippen molar-refractivity contribution in [1.82, 2.24) is 9.97 Å². The van der Waals surface area contributed by atoms with E-state index in [-0.39, 0.29) is 16.8 Å². The van der Waals surface area contributed by atoms with Gasteiger partial charge in [0.25, 0.3) is 0 Å². The summed E-state index contributed by atoms with van der Waals surface area (Å²) in [5, 5.41) is 1.15. The molecule has 6 heteroatoms. The Bertz CT molecular complexity index is 984. The second-order valence-electron chi connectivity index (χ2n) is 5.48. The van der Waals surface area contributed by atoms with Crippen LogP contribution in [0.15, 0.2) is 51.0 Å². The SMILES string of the molecule is CC(=O)c1c(SCc2cccnc2)[nH]c2c(Br)ccc(C)c2c1=O. The molecule has 3 rings (SSSR count). The van der Waals surface area contributed by atoms with Crippen LogP contribution in [0.3, 0.4) is 0 Å². The number of carbonyl (C=O) groups is 1. The smallest absolute Gasteiger partial charge is 0.201 e. The molecule has 0 bridgehead atoms. The fourth-order valence-electron chi connectivity index (χ4n) is 2.57. The maximum Gasteiger partial charge on any atom is 0.201 e. The van der Waals surface area contributed by atoms with Crippen LogP contribution in [0.4, 0.5) is 0 Å². The predicted octanol–water partition coefficient (Wildman–Crippen LogP) is 4.49. The molecule has 0 spiro atoms. The molecule has 2 aromatic heterocycles. The van der Waals surface area contributed by atoms with Crippen LogP contribution in [0.1, 0.15) is 28.4 Å². The number of aromatic nitrogens is 2. The number of aryl methyl sites for hydroxylation is 1. The molecule has 0 saturated heterocycles. The van der Waals surface area contributed by atoms with Crippen molar-refractivity contribution in [2.75, 3.05) is 0 Å². The molecule has 1 N–H and O–H groups in total. The van der Waals surface area contributed by atoms with Crippen molar-refractivity contribution in [2.45, 2.75) is 24.6 Å². The summed E-state index contributed by atoms with van der Waals surface area (Å²) in [7, 11) is 0. The molecule has 0 aliphatic heterocycles. The second-order valence-corrected chi connectivity index (χ2v) is 7.32. The summed E-state index contributed by atoms with van der Waals surface area (Å²) in [6, 6.07) is 7.60. The van der Waals surface area contributed by atoms with Crippen molar-refractivity contribution < 1.29 is 4.79 Å². The Morgan fingerprint density at radius 1 is 1.33 bits per heavy atom. The fraction of sp³-hybridized carbons (Fsp3) is 0.167. The molecule has 0 fully saturated rings. The maximum absolute atomic E-state index is 12.9. The van der Waals surface area contributed by atoms with Gasteiger partial charge in [0.1, 0.15) is 0 Å². The summed E-state index contributed by atoms with van der Waals surface area (Å²) >= 11 is 4.92. The molecule has 1 aromatic carbocycles. The molecule has 122 valence electrons. The zero-order valence-corrected chi connectivity index (χ0v) is 15.6. The van der Waals surface area contributed by atoms with Crippen molar-refractivity contribution in [2.24, 2.45) is 0 Å². The van der Waals surface area contributed by atoms with Gasteiger partial charge in [-0.25, -0.2) is 0 Å². The minimum absolute atomic E-state index is 0.219. The van der Waals surface area contributed by atoms with Gasteiger partial charge in [-0.2, -0.15) is 0 Å². The van der Waals surface area contributed by atoms with Gasteiger partial charge in [0.2, 0.25) is 5.43 Å². The lowest BCUT2D eigenvalue weighted by molar-refractivity contribution is 0.101. The Balaban J connectivity index is 2.16. The first-order valence-electron chi connectivity index (χ1n) is 7.36. The normalized spacial score (nSPS) is 11.0. The Hall–Kier alpha value is -1.92. The number of fused-ring (bicyclic) bond motifs is 1. The van der Waals surface area contributed by atoms with E-state index in [4.69, 9.17) is 0 Å². The van der Waals surface area contributed by atoms with Crippen molar-refractivity contribution in [3.63, 3.8) is 0 Å². The molecule has 0 saturated carbocycles. The summed E-state index contributed by atoms with van der Waals surface area (Å²) in [5.74, 6) is 0.394. The molecule has 0 radical (unpaired) electrons. The molecule has 0 aliphatic rings. The summed E-state index contributed by atoms with van der Waals surface area (Å²) in [4.78, 5) is 32.3. The van der Waals surface area contributed by atoms with E-state index in [1.807, 2.05) is 31.2 Å². The number of thioether (sulfide) groups is 1. The zero-order valence-electron chi connectivity index (χ0n) is 13.2. The summed E-state index contributed by atoms with van der Waals surface area (Å²) in [5.41, 5.74) is 2.60. The van der Waals surface area contributed by atoms with Gasteiger partial charge in [-0.1, -0.05) is 12.1 Å². The number of benzene rings is 1. The molecular weight excluding hydrogens is 388 g/mol. The predicted molar refractivity (Wildman–Crippen MR) is 101 cm³/mol. The van der Waals surface area contributed by atoms with E-state index >= 15 is 0 Å². The van der Waals surface area contributed by atoms with Crippen molar-refractivity contribution in [3.8, 4) is 0 Å². The number of Topliss-reactive ketones (excluding diaryl/α,β-unsaturated/α-hetero) is 1. The van der Waals surface area contributed by atoms with E-state index in [2.05, 4.69) is 25.9 Å². The Morgan fingerprint density at radius 3 is 2.79 bits per heavy atom. The van der Waals surface area contributed by atoms with E-state index in [1.54, 1.807) is 12.4 Å². The Morgan fingerprint density at radius 2 is 2.12 bits per heavy atom. The Kier molecular flexibility index (Phi) is 4.87. The fourth-order valence-corrected chi connectivity index (χ4v) is 4.03. The molecule has 0 atom stereocenters. The highest BCUT2D eigenvalue weighted by Gasteiger charge is 2.18. The van der Waals surface area contributed by atoms with E-state index in [0.717, 1.165) is 21.1 Å². The van der Waals surface area contributed by atoms with Crippen LogP contribution in [0.5, 0.6) is 0 Å². The molecular formula is C18H15BrN2O2S. The van der Waals surface area contributed by atoms with Crippen LogP contribution in [-0.4, -0.2) is 15.8 Å². The standard InChI is InChI=1S/C18H15BrN2O2S/c1-10-5-6-13(19)16-14(10)17(23)15(11(2)22)18(21-16)24-9-12-4-3-7-20-8-12/h3-8H,9H2,1-2H3,(H,21,23). The van der Waals surface area contributed by atoms with Crippen molar-refractivity contribution in [1.29, 1.82) is 0 Å². The van der Waals surface area contributed by atoms with E-state index in [0.29, 0.717) is 16.2 Å². The number of halogens is 1. The van der Waals surface area contributed by atoms with Crippen molar-refractivity contribution in [3.05, 3.63) is 68.0 Å². The third kappa shape index (κ3) is 3.16. The lowest BCUT2D eigenvalue weighted by Gasteiger charge is -2.11. The van der Waals surface area contributed by atoms with Gasteiger partial charge < -0.3 is 4.98 Å². The molecule has 3 aromatic rings. The third-order valence-electron chi connectivity index (χ3n) is 3.74. The van der Waals surface area contributed by atoms with Crippen LogP contribution in [0.25, 0.3) is 10.9 Å². The lowest BCUT2D eigenvalue weighted by Crippen LogP contribution is -2.17. The number of ketones is 1. The van der Waals surface area contributed by atoms with Crippen molar-refractivity contribution >= 4 is 44.4 Å².